The lowest BCUT2D eigenvalue weighted by molar-refractivity contribution is 0.516. The summed E-state index contributed by atoms with van der Waals surface area (Å²) in [4.78, 5) is 8.35. The van der Waals surface area contributed by atoms with Gasteiger partial charge in [-0.3, -0.25) is 4.57 Å². The molecule has 96 valence electrons. The van der Waals surface area contributed by atoms with Crippen molar-refractivity contribution in [1.82, 2.24) is 14.5 Å². The normalized spacial score (nSPS) is 10.6. The van der Waals surface area contributed by atoms with Crippen LogP contribution in [0.3, 0.4) is 0 Å². The van der Waals surface area contributed by atoms with E-state index in [0.29, 0.717) is 6.54 Å². The number of imidazole rings is 1. The van der Waals surface area contributed by atoms with Gasteiger partial charge in [-0.2, -0.15) is 0 Å². The predicted octanol–water partition coefficient (Wildman–Crippen LogP) is 3.23. The zero-order valence-corrected chi connectivity index (χ0v) is 11.5. The van der Waals surface area contributed by atoms with Gasteiger partial charge >= 0.3 is 0 Å². The Morgan fingerprint density at radius 3 is 2.89 bits per heavy atom. The second-order valence-corrected chi connectivity index (χ2v) is 4.77. The molecule has 0 aromatic carbocycles. The van der Waals surface area contributed by atoms with Gasteiger partial charge in [0.2, 0.25) is 0 Å². The summed E-state index contributed by atoms with van der Waals surface area (Å²) < 4.78 is 8.14. The quantitative estimate of drug-likeness (QED) is 0.802. The minimum atomic E-state index is 0.611. The van der Waals surface area contributed by atoms with Gasteiger partial charge in [-0.25, -0.2) is 9.97 Å². The van der Waals surface area contributed by atoms with Gasteiger partial charge in [0, 0.05) is 12.4 Å². The molecule has 0 aliphatic carbocycles. The number of furan rings is 1. The third-order valence-corrected chi connectivity index (χ3v) is 3.37. The lowest BCUT2D eigenvalue weighted by Gasteiger charge is -2.06. The average Bonchev–Trinajstić information content (AvgIpc) is 3.09. The second kappa shape index (κ2) is 5.27. The number of aromatic nitrogens is 3. The highest BCUT2D eigenvalue weighted by molar-refractivity contribution is 9.10. The van der Waals surface area contributed by atoms with E-state index in [0.717, 1.165) is 21.7 Å². The van der Waals surface area contributed by atoms with Crippen molar-refractivity contribution < 1.29 is 4.42 Å². The van der Waals surface area contributed by atoms with E-state index in [9.17, 15) is 0 Å². The molecule has 0 saturated carbocycles. The van der Waals surface area contributed by atoms with Crippen LogP contribution in [0.4, 0.5) is 5.69 Å². The molecule has 0 radical (unpaired) electrons. The number of hydrogen-bond acceptors (Lipinski definition) is 4. The Morgan fingerprint density at radius 1 is 1.32 bits per heavy atom. The van der Waals surface area contributed by atoms with Crippen molar-refractivity contribution in [3.63, 3.8) is 0 Å². The molecule has 0 bridgehead atoms. The Balaban J connectivity index is 1.68. The van der Waals surface area contributed by atoms with E-state index in [4.69, 9.17) is 4.42 Å². The lowest BCUT2D eigenvalue weighted by atomic mass is 10.3. The standard InChI is InChI=1S/C13H11BrN4O/c14-11-3-6-19-12(11)8-16-10-1-2-13(17-7-10)18-5-4-15-9-18/h1-7,9,16H,8H2. The first-order chi connectivity index (χ1) is 9.33. The van der Waals surface area contributed by atoms with Crippen LogP contribution >= 0.6 is 15.9 Å². The minimum Gasteiger partial charge on any atom is -0.466 e. The lowest BCUT2D eigenvalue weighted by Crippen LogP contribution is -2.00. The van der Waals surface area contributed by atoms with Gasteiger partial charge in [-0.1, -0.05) is 0 Å². The molecule has 0 unspecified atom stereocenters. The first kappa shape index (κ1) is 12.0. The number of rotatable bonds is 4. The molecule has 0 fully saturated rings. The SMILES string of the molecule is Brc1ccoc1CNc1ccc(-n2ccnc2)nc1. The fourth-order valence-electron chi connectivity index (χ4n) is 1.67. The number of pyridine rings is 1. The number of nitrogens with one attached hydrogen (secondary N) is 1. The first-order valence-electron chi connectivity index (χ1n) is 5.73. The van der Waals surface area contributed by atoms with Gasteiger partial charge < -0.3 is 9.73 Å². The summed E-state index contributed by atoms with van der Waals surface area (Å²) in [6.07, 6.45) is 8.74. The van der Waals surface area contributed by atoms with Gasteiger partial charge in [0.25, 0.3) is 0 Å². The van der Waals surface area contributed by atoms with Crippen LogP contribution in [0.15, 0.2) is 58.3 Å². The molecule has 0 atom stereocenters. The molecule has 0 aliphatic heterocycles. The Kier molecular flexibility index (Phi) is 3.33. The molecule has 19 heavy (non-hydrogen) atoms. The Labute approximate surface area is 118 Å². The zero-order valence-electron chi connectivity index (χ0n) is 9.95. The average molecular weight is 319 g/mol. The van der Waals surface area contributed by atoms with Crippen molar-refractivity contribution in [3.8, 4) is 5.82 Å². The summed E-state index contributed by atoms with van der Waals surface area (Å²) in [5.74, 6) is 1.70. The van der Waals surface area contributed by atoms with Gasteiger partial charge in [-0.05, 0) is 34.1 Å². The van der Waals surface area contributed by atoms with Crippen molar-refractivity contribution in [2.24, 2.45) is 0 Å². The summed E-state index contributed by atoms with van der Waals surface area (Å²) in [5.41, 5.74) is 0.937. The van der Waals surface area contributed by atoms with Crippen molar-refractivity contribution in [1.29, 1.82) is 0 Å². The predicted molar refractivity (Wildman–Crippen MR) is 75.1 cm³/mol. The molecule has 3 heterocycles. The smallest absolute Gasteiger partial charge is 0.137 e. The molecule has 1 N–H and O–H groups in total. The number of halogens is 1. The van der Waals surface area contributed by atoms with Gasteiger partial charge in [-0.15, -0.1) is 0 Å². The number of anilines is 1. The van der Waals surface area contributed by atoms with Crippen molar-refractivity contribution in [3.05, 3.63) is 59.6 Å². The van der Waals surface area contributed by atoms with Crippen LogP contribution < -0.4 is 5.32 Å². The highest BCUT2D eigenvalue weighted by atomic mass is 79.9. The highest BCUT2D eigenvalue weighted by Gasteiger charge is 2.03. The fourth-order valence-corrected chi connectivity index (χ4v) is 2.01. The number of hydrogen-bond donors (Lipinski definition) is 1. The van der Waals surface area contributed by atoms with Crippen LogP contribution in [0.5, 0.6) is 0 Å². The van der Waals surface area contributed by atoms with E-state index in [1.165, 1.54) is 0 Å². The molecule has 6 heteroatoms. The van der Waals surface area contributed by atoms with Crippen LogP contribution in [-0.2, 0) is 6.54 Å². The summed E-state index contributed by atoms with van der Waals surface area (Å²) in [7, 11) is 0. The topological polar surface area (TPSA) is 55.9 Å². The Bertz CT molecular complexity index is 646. The van der Waals surface area contributed by atoms with Gasteiger partial charge in [0.05, 0.1) is 29.2 Å². The molecule has 5 nitrogen and oxygen atoms in total. The van der Waals surface area contributed by atoms with E-state index in [-0.39, 0.29) is 0 Å². The van der Waals surface area contributed by atoms with Crippen LogP contribution in [0.2, 0.25) is 0 Å². The Morgan fingerprint density at radius 2 is 2.26 bits per heavy atom. The van der Waals surface area contributed by atoms with E-state index < -0.39 is 0 Å². The molecular weight excluding hydrogens is 308 g/mol. The van der Waals surface area contributed by atoms with Crippen LogP contribution in [0, 0.1) is 0 Å². The van der Waals surface area contributed by atoms with Gasteiger partial charge in [0.1, 0.15) is 17.9 Å². The molecule has 3 rings (SSSR count). The van der Waals surface area contributed by atoms with Crippen LogP contribution in [0.25, 0.3) is 5.82 Å². The largest absolute Gasteiger partial charge is 0.466 e. The summed E-state index contributed by atoms with van der Waals surface area (Å²) in [5, 5.41) is 3.25. The summed E-state index contributed by atoms with van der Waals surface area (Å²) in [6.45, 7) is 0.611. The van der Waals surface area contributed by atoms with Crippen LogP contribution in [-0.4, -0.2) is 14.5 Å². The molecule has 0 saturated heterocycles. The minimum absolute atomic E-state index is 0.611. The molecule has 0 aliphatic rings. The monoisotopic (exact) mass is 318 g/mol. The van der Waals surface area contributed by atoms with Gasteiger partial charge in [0.15, 0.2) is 0 Å². The first-order valence-corrected chi connectivity index (χ1v) is 6.52. The van der Waals surface area contributed by atoms with E-state index in [1.54, 1.807) is 25.0 Å². The zero-order chi connectivity index (χ0) is 13.1. The molecule has 3 aromatic rings. The maximum Gasteiger partial charge on any atom is 0.137 e. The fraction of sp³-hybridized carbons (Fsp3) is 0.0769. The van der Waals surface area contributed by atoms with Crippen LogP contribution in [0.1, 0.15) is 5.76 Å². The van der Waals surface area contributed by atoms with Crippen molar-refractivity contribution in [2.45, 2.75) is 6.54 Å². The molecule has 3 aromatic heterocycles. The van der Waals surface area contributed by atoms with Crippen molar-refractivity contribution in [2.75, 3.05) is 5.32 Å². The summed E-state index contributed by atoms with van der Waals surface area (Å²) in [6, 6.07) is 5.78. The summed E-state index contributed by atoms with van der Waals surface area (Å²) >= 11 is 3.42. The maximum atomic E-state index is 5.33. The third kappa shape index (κ3) is 2.68. The molecular formula is C13H11BrN4O. The van der Waals surface area contributed by atoms with E-state index >= 15 is 0 Å². The van der Waals surface area contributed by atoms with E-state index in [1.807, 2.05) is 29.0 Å². The molecule has 0 spiro atoms. The van der Waals surface area contributed by atoms with Crippen molar-refractivity contribution >= 4 is 21.6 Å². The Hall–Kier alpha value is -2.08. The maximum absolute atomic E-state index is 5.33. The number of nitrogens with zero attached hydrogens (tertiary/aromatic N) is 3. The second-order valence-electron chi connectivity index (χ2n) is 3.92. The molecule has 0 amide bonds. The highest BCUT2D eigenvalue weighted by Crippen LogP contribution is 2.19. The third-order valence-electron chi connectivity index (χ3n) is 2.66. The van der Waals surface area contributed by atoms with E-state index in [2.05, 4.69) is 31.2 Å².